The number of aromatic nitrogens is 2. The van der Waals surface area contributed by atoms with E-state index in [4.69, 9.17) is 25.6 Å². The van der Waals surface area contributed by atoms with Crippen molar-refractivity contribution < 1.29 is 14.0 Å². The van der Waals surface area contributed by atoms with Crippen molar-refractivity contribution >= 4 is 22.7 Å². The molecular weight excluding hydrogens is 352 g/mol. The van der Waals surface area contributed by atoms with E-state index in [1.165, 1.54) is 5.56 Å². The van der Waals surface area contributed by atoms with Crippen LogP contribution in [-0.4, -0.2) is 24.4 Å². The van der Waals surface area contributed by atoms with Gasteiger partial charge in [0.2, 0.25) is 5.82 Å². The summed E-state index contributed by atoms with van der Waals surface area (Å²) < 4.78 is 15.8. The molecule has 3 aromatic rings. The third-order valence-corrected chi connectivity index (χ3v) is 4.22. The lowest BCUT2D eigenvalue weighted by Gasteiger charge is -2.07. The number of hydrogen-bond acceptors (Lipinski definition) is 5. The maximum atomic E-state index is 6.35. The first kappa shape index (κ1) is 18.0. The lowest BCUT2D eigenvalue weighted by molar-refractivity contribution is 0.355. The quantitative estimate of drug-likeness (QED) is 0.607. The summed E-state index contributed by atoms with van der Waals surface area (Å²) in [5, 5.41) is 4.36. The topological polar surface area (TPSA) is 57.4 Å². The molecule has 0 saturated heterocycles. The van der Waals surface area contributed by atoms with Crippen molar-refractivity contribution in [3.05, 3.63) is 59.5 Å². The van der Waals surface area contributed by atoms with Gasteiger partial charge < -0.3 is 14.0 Å². The molecule has 0 fully saturated rings. The van der Waals surface area contributed by atoms with Crippen molar-refractivity contribution in [2.24, 2.45) is 0 Å². The fraction of sp³-hybridized carbons (Fsp3) is 0.200. The van der Waals surface area contributed by atoms with Crippen molar-refractivity contribution in [1.82, 2.24) is 10.1 Å². The maximum Gasteiger partial charge on any atom is 0.269 e. The Morgan fingerprint density at radius 3 is 2.46 bits per heavy atom. The Balaban J connectivity index is 1.85. The molecule has 5 nitrogen and oxygen atoms in total. The average Bonchev–Trinajstić information content (AvgIpc) is 3.18. The van der Waals surface area contributed by atoms with Gasteiger partial charge in [-0.2, -0.15) is 4.98 Å². The lowest BCUT2D eigenvalue weighted by Crippen LogP contribution is -1.90. The minimum absolute atomic E-state index is 0.260. The van der Waals surface area contributed by atoms with Gasteiger partial charge in [-0.3, -0.25) is 0 Å². The standard InChI is InChI=1S/C20H19ClN2O3/c1-4-13-5-8-15(9-6-13)19-22-20(26-23-19)16(21)11-14-7-10-17(24-2)18(12-14)25-3/h5-12H,4H2,1-3H3/b16-11-. The zero-order valence-corrected chi connectivity index (χ0v) is 15.6. The van der Waals surface area contributed by atoms with Gasteiger partial charge in [-0.1, -0.05) is 54.0 Å². The highest BCUT2D eigenvalue weighted by Gasteiger charge is 2.12. The van der Waals surface area contributed by atoms with E-state index in [-0.39, 0.29) is 5.89 Å². The van der Waals surface area contributed by atoms with E-state index in [0.29, 0.717) is 22.4 Å². The Morgan fingerprint density at radius 2 is 1.81 bits per heavy atom. The SMILES string of the molecule is CCc1ccc(-c2noc(/C(Cl)=C/c3ccc(OC)c(OC)c3)n2)cc1. The van der Waals surface area contributed by atoms with Gasteiger partial charge in [-0.15, -0.1) is 0 Å². The van der Waals surface area contributed by atoms with E-state index in [1.54, 1.807) is 20.3 Å². The van der Waals surface area contributed by atoms with Gasteiger partial charge in [0.15, 0.2) is 11.5 Å². The van der Waals surface area contributed by atoms with Crippen LogP contribution in [0.4, 0.5) is 0 Å². The molecule has 0 unspecified atom stereocenters. The molecule has 2 aromatic carbocycles. The van der Waals surface area contributed by atoms with Gasteiger partial charge in [0.05, 0.1) is 14.2 Å². The molecule has 0 aliphatic rings. The summed E-state index contributed by atoms with van der Waals surface area (Å²) in [5.74, 6) is 2.03. The van der Waals surface area contributed by atoms with Crippen LogP contribution in [0, 0.1) is 0 Å². The first-order valence-electron chi connectivity index (χ1n) is 8.17. The van der Waals surface area contributed by atoms with Gasteiger partial charge in [0.25, 0.3) is 5.89 Å². The number of hydrogen-bond donors (Lipinski definition) is 0. The normalized spacial score (nSPS) is 11.5. The van der Waals surface area contributed by atoms with Gasteiger partial charge in [-0.25, -0.2) is 0 Å². The molecule has 0 N–H and O–H groups in total. The second-order valence-electron chi connectivity index (χ2n) is 5.58. The summed E-state index contributed by atoms with van der Waals surface area (Å²) in [6.07, 6.45) is 2.72. The molecule has 0 saturated carbocycles. The second kappa shape index (κ2) is 8.06. The molecule has 0 amide bonds. The summed E-state index contributed by atoms with van der Waals surface area (Å²) in [4.78, 5) is 4.37. The van der Waals surface area contributed by atoms with Crippen molar-refractivity contribution in [3.63, 3.8) is 0 Å². The van der Waals surface area contributed by atoms with E-state index in [1.807, 2.05) is 42.5 Å². The smallest absolute Gasteiger partial charge is 0.269 e. The molecule has 0 spiro atoms. The summed E-state index contributed by atoms with van der Waals surface area (Å²) in [6, 6.07) is 13.5. The van der Waals surface area contributed by atoms with Crippen molar-refractivity contribution in [1.29, 1.82) is 0 Å². The van der Waals surface area contributed by atoms with E-state index >= 15 is 0 Å². The number of ether oxygens (including phenoxy) is 2. The Kier molecular flexibility index (Phi) is 5.58. The number of rotatable bonds is 6. The first-order chi connectivity index (χ1) is 12.6. The number of halogens is 1. The molecule has 0 radical (unpaired) electrons. The van der Waals surface area contributed by atoms with Crippen LogP contribution in [0.1, 0.15) is 23.9 Å². The predicted molar refractivity (Wildman–Crippen MR) is 102 cm³/mol. The van der Waals surface area contributed by atoms with Crippen LogP contribution in [0.2, 0.25) is 0 Å². The Labute approximate surface area is 157 Å². The van der Waals surface area contributed by atoms with Gasteiger partial charge >= 0.3 is 0 Å². The summed E-state index contributed by atoms with van der Waals surface area (Å²) >= 11 is 6.35. The van der Waals surface area contributed by atoms with Crippen molar-refractivity contribution in [2.45, 2.75) is 13.3 Å². The molecule has 1 heterocycles. The van der Waals surface area contributed by atoms with Crippen LogP contribution >= 0.6 is 11.6 Å². The molecule has 6 heteroatoms. The van der Waals surface area contributed by atoms with Crippen LogP contribution < -0.4 is 9.47 Å². The number of benzene rings is 2. The van der Waals surface area contributed by atoms with Crippen LogP contribution in [0.25, 0.3) is 22.5 Å². The van der Waals surface area contributed by atoms with E-state index in [0.717, 1.165) is 17.5 Å². The van der Waals surface area contributed by atoms with E-state index in [9.17, 15) is 0 Å². The molecule has 1 aromatic heterocycles. The monoisotopic (exact) mass is 370 g/mol. The lowest BCUT2D eigenvalue weighted by atomic mass is 10.1. The number of aryl methyl sites for hydroxylation is 1. The first-order valence-corrected chi connectivity index (χ1v) is 8.55. The van der Waals surface area contributed by atoms with Crippen LogP contribution in [0.15, 0.2) is 47.0 Å². The molecule has 0 aliphatic carbocycles. The second-order valence-corrected chi connectivity index (χ2v) is 5.99. The molecule has 0 aliphatic heterocycles. The van der Waals surface area contributed by atoms with Gasteiger partial charge in [0, 0.05) is 5.56 Å². The molecule has 0 atom stereocenters. The largest absolute Gasteiger partial charge is 0.493 e. The predicted octanol–water partition coefficient (Wildman–Crippen LogP) is 5.05. The Morgan fingerprint density at radius 1 is 1.08 bits per heavy atom. The summed E-state index contributed by atoms with van der Waals surface area (Å²) in [5.41, 5.74) is 2.97. The Hall–Kier alpha value is -2.79. The van der Waals surface area contributed by atoms with Gasteiger partial charge in [-0.05, 0) is 35.8 Å². The van der Waals surface area contributed by atoms with E-state index < -0.39 is 0 Å². The fourth-order valence-corrected chi connectivity index (χ4v) is 2.68. The molecule has 134 valence electrons. The summed E-state index contributed by atoms with van der Waals surface area (Å²) in [7, 11) is 3.18. The highest BCUT2D eigenvalue weighted by molar-refractivity contribution is 6.50. The minimum Gasteiger partial charge on any atom is -0.493 e. The van der Waals surface area contributed by atoms with Crippen molar-refractivity contribution in [3.8, 4) is 22.9 Å². The van der Waals surface area contributed by atoms with Crippen LogP contribution in [0.3, 0.4) is 0 Å². The average molecular weight is 371 g/mol. The molecular formula is C20H19ClN2O3. The van der Waals surface area contributed by atoms with Crippen LogP contribution in [0.5, 0.6) is 11.5 Å². The number of nitrogens with zero attached hydrogens (tertiary/aromatic N) is 2. The number of methoxy groups -OCH3 is 2. The zero-order chi connectivity index (χ0) is 18.5. The third-order valence-electron chi connectivity index (χ3n) is 3.95. The molecule has 26 heavy (non-hydrogen) atoms. The molecule has 0 bridgehead atoms. The highest BCUT2D eigenvalue weighted by Crippen LogP contribution is 2.30. The fourth-order valence-electron chi connectivity index (χ4n) is 2.48. The Bertz CT molecular complexity index is 917. The highest BCUT2D eigenvalue weighted by atomic mass is 35.5. The van der Waals surface area contributed by atoms with E-state index in [2.05, 4.69) is 17.1 Å². The molecule has 3 rings (SSSR count). The zero-order valence-electron chi connectivity index (χ0n) is 14.8. The minimum atomic E-state index is 0.260. The maximum absolute atomic E-state index is 6.35. The van der Waals surface area contributed by atoms with Gasteiger partial charge in [0.1, 0.15) is 5.03 Å². The third kappa shape index (κ3) is 3.89. The van der Waals surface area contributed by atoms with Crippen LogP contribution in [-0.2, 0) is 6.42 Å². The summed E-state index contributed by atoms with van der Waals surface area (Å²) in [6.45, 7) is 2.11. The van der Waals surface area contributed by atoms with Crippen molar-refractivity contribution in [2.75, 3.05) is 14.2 Å².